The van der Waals surface area contributed by atoms with Gasteiger partial charge in [-0.2, -0.15) is 0 Å². The predicted molar refractivity (Wildman–Crippen MR) is 80.8 cm³/mol. The minimum Gasteiger partial charge on any atom is -0.384 e. The highest BCUT2D eigenvalue weighted by atomic mass is 19.1. The molecule has 1 saturated heterocycles. The van der Waals surface area contributed by atoms with Crippen LogP contribution in [0.25, 0.3) is 0 Å². The summed E-state index contributed by atoms with van der Waals surface area (Å²) >= 11 is 0. The zero-order valence-electron chi connectivity index (χ0n) is 12.7. The summed E-state index contributed by atoms with van der Waals surface area (Å²) in [6.07, 6.45) is 1.52. The molecule has 0 aliphatic carbocycles. The average Bonchev–Trinajstić information content (AvgIpc) is 2.51. The molecule has 1 aromatic rings. The Morgan fingerprint density at radius 2 is 1.95 bits per heavy atom. The van der Waals surface area contributed by atoms with E-state index in [2.05, 4.69) is 5.32 Å². The second kappa shape index (κ2) is 7.00. The molecule has 2 rings (SSSR count). The Bertz CT molecular complexity index is 464. The molecule has 1 heterocycles. The van der Waals surface area contributed by atoms with Gasteiger partial charge in [0.05, 0.1) is 12.0 Å². The molecule has 116 valence electrons. The summed E-state index contributed by atoms with van der Waals surface area (Å²) in [4.78, 5) is 14.8. The van der Waals surface area contributed by atoms with Gasteiger partial charge in [0.15, 0.2) is 0 Å². The normalized spacial score (nSPS) is 17.5. The first-order chi connectivity index (χ1) is 10.1. The van der Waals surface area contributed by atoms with E-state index in [4.69, 9.17) is 4.74 Å². The highest BCUT2D eigenvalue weighted by Gasteiger charge is 2.42. The first-order valence-electron chi connectivity index (χ1n) is 7.40. The monoisotopic (exact) mass is 294 g/mol. The fraction of sp³-hybridized carbons (Fsp3) is 0.562. The smallest absolute Gasteiger partial charge is 0.235 e. The van der Waals surface area contributed by atoms with E-state index >= 15 is 0 Å². The van der Waals surface area contributed by atoms with Crippen LogP contribution in [0.5, 0.6) is 0 Å². The summed E-state index contributed by atoms with van der Waals surface area (Å²) in [5.74, 6) is -0.226. The Balaban J connectivity index is 2.26. The molecule has 1 aliphatic heterocycles. The molecule has 0 atom stereocenters. The van der Waals surface area contributed by atoms with Crippen LogP contribution in [-0.4, -0.2) is 39.3 Å². The topological polar surface area (TPSA) is 41.6 Å². The van der Waals surface area contributed by atoms with Gasteiger partial charge in [0.1, 0.15) is 5.82 Å². The highest BCUT2D eigenvalue weighted by molar-refractivity contribution is 5.97. The zero-order valence-corrected chi connectivity index (χ0v) is 12.7. The largest absolute Gasteiger partial charge is 0.384 e. The van der Waals surface area contributed by atoms with Crippen LogP contribution in [0, 0.1) is 11.2 Å². The number of nitrogens with zero attached hydrogens (tertiary/aromatic N) is 1. The van der Waals surface area contributed by atoms with Crippen molar-refractivity contribution in [3.05, 3.63) is 30.1 Å². The lowest BCUT2D eigenvalue weighted by atomic mass is 9.78. The molecule has 4 nitrogen and oxygen atoms in total. The van der Waals surface area contributed by atoms with Crippen LogP contribution in [0.15, 0.2) is 24.3 Å². The molecule has 0 spiro atoms. The Kier molecular flexibility index (Phi) is 5.31. The molecule has 0 bridgehead atoms. The number of carbonyl (C=O) groups excluding carboxylic acids is 1. The summed E-state index contributed by atoms with van der Waals surface area (Å²) in [6, 6.07) is 6.07. The minimum absolute atomic E-state index is 0.0694. The van der Waals surface area contributed by atoms with Gasteiger partial charge < -0.3 is 15.0 Å². The minimum atomic E-state index is -0.482. The Morgan fingerprint density at radius 3 is 2.48 bits per heavy atom. The van der Waals surface area contributed by atoms with E-state index in [1.54, 1.807) is 24.1 Å². The fourth-order valence-electron chi connectivity index (χ4n) is 2.95. The van der Waals surface area contributed by atoms with E-state index in [1.165, 1.54) is 12.1 Å². The van der Waals surface area contributed by atoms with Gasteiger partial charge >= 0.3 is 0 Å². The lowest BCUT2D eigenvalue weighted by Crippen LogP contribution is -2.51. The van der Waals surface area contributed by atoms with E-state index in [9.17, 15) is 9.18 Å². The summed E-state index contributed by atoms with van der Waals surface area (Å²) in [5, 5.41) is 3.28. The lowest BCUT2D eigenvalue weighted by molar-refractivity contribution is -0.133. The van der Waals surface area contributed by atoms with Crippen LogP contribution >= 0.6 is 0 Å². The summed E-state index contributed by atoms with van der Waals surface area (Å²) < 4.78 is 18.4. The van der Waals surface area contributed by atoms with Gasteiger partial charge in [0.25, 0.3) is 0 Å². The number of hydrogen-bond acceptors (Lipinski definition) is 3. The summed E-state index contributed by atoms with van der Waals surface area (Å²) in [5.41, 5.74) is 0.252. The van der Waals surface area contributed by atoms with Gasteiger partial charge in [-0.05, 0) is 57.1 Å². The molecule has 1 amide bonds. The number of piperidine rings is 1. The first-order valence-corrected chi connectivity index (χ1v) is 7.40. The number of benzene rings is 1. The molecule has 21 heavy (non-hydrogen) atoms. The highest BCUT2D eigenvalue weighted by Crippen LogP contribution is 2.33. The molecule has 1 aromatic carbocycles. The molecule has 0 radical (unpaired) electrons. The number of carbonyl (C=O) groups is 1. The van der Waals surface area contributed by atoms with Crippen LogP contribution in [0.2, 0.25) is 0 Å². The van der Waals surface area contributed by atoms with E-state index in [0.717, 1.165) is 31.6 Å². The fourth-order valence-corrected chi connectivity index (χ4v) is 2.95. The van der Waals surface area contributed by atoms with Gasteiger partial charge in [0.2, 0.25) is 5.91 Å². The SMILES string of the molecule is CCN(C(=O)C1(COC)CCNCC1)c1ccc(F)cc1. The van der Waals surface area contributed by atoms with Crippen molar-refractivity contribution in [2.24, 2.45) is 5.41 Å². The summed E-state index contributed by atoms with van der Waals surface area (Å²) in [6.45, 7) is 4.55. The van der Waals surface area contributed by atoms with Crippen molar-refractivity contribution in [1.29, 1.82) is 0 Å². The number of ether oxygens (including phenoxy) is 1. The predicted octanol–water partition coefficient (Wildman–Crippen LogP) is 2.19. The van der Waals surface area contributed by atoms with Crippen molar-refractivity contribution in [2.75, 3.05) is 38.3 Å². The Labute approximate surface area is 125 Å². The quantitative estimate of drug-likeness (QED) is 0.905. The van der Waals surface area contributed by atoms with Gasteiger partial charge in [-0.25, -0.2) is 4.39 Å². The molecule has 1 aliphatic rings. The maximum Gasteiger partial charge on any atom is 0.235 e. The maximum absolute atomic E-state index is 13.1. The van der Waals surface area contributed by atoms with Crippen LogP contribution in [0.3, 0.4) is 0 Å². The van der Waals surface area contributed by atoms with Crippen molar-refractivity contribution >= 4 is 11.6 Å². The van der Waals surface area contributed by atoms with Gasteiger partial charge in [-0.1, -0.05) is 0 Å². The van der Waals surface area contributed by atoms with Crippen LogP contribution in [0.1, 0.15) is 19.8 Å². The number of methoxy groups -OCH3 is 1. The van der Waals surface area contributed by atoms with Crippen molar-refractivity contribution in [3.8, 4) is 0 Å². The number of anilines is 1. The van der Waals surface area contributed by atoms with Crippen LogP contribution < -0.4 is 10.2 Å². The number of amides is 1. The lowest BCUT2D eigenvalue weighted by Gasteiger charge is -2.39. The van der Waals surface area contributed by atoms with Gasteiger partial charge in [-0.15, -0.1) is 0 Å². The van der Waals surface area contributed by atoms with E-state index < -0.39 is 5.41 Å². The second-order valence-corrected chi connectivity index (χ2v) is 5.49. The van der Waals surface area contributed by atoms with E-state index in [1.807, 2.05) is 6.92 Å². The first kappa shape index (κ1) is 15.9. The molecular formula is C16H23FN2O2. The Hall–Kier alpha value is -1.46. The third-order valence-electron chi connectivity index (χ3n) is 4.13. The third-order valence-corrected chi connectivity index (χ3v) is 4.13. The zero-order chi connectivity index (χ0) is 15.3. The number of nitrogens with one attached hydrogen (secondary N) is 1. The van der Waals surface area contributed by atoms with Crippen molar-refractivity contribution in [3.63, 3.8) is 0 Å². The second-order valence-electron chi connectivity index (χ2n) is 5.49. The Morgan fingerprint density at radius 1 is 1.33 bits per heavy atom. The van der Waals surface area contributed by atoms with Crippen molar-refractivity contribution < 1.29 is 13.9 Å². The van der Waals surface area contributed by atoms with Crippen LogP contribution in [0.4, 0.5) is 10.1 Å². The average molecular weight is 294 g/mol. The standard InChI is InChI=1S/C16H23FN2O2/c1-3-19(14-6-4-13(17)5-7-14)15(20)16(12-21-2)8-10-18-11-9-16/h4-7,18H,3,8-12H2,1-2H3. The molecule has 1 fully saturated rings. The van der Waals surface area contributed by atoms with Crippen LogP contribution in [-0.2, 0) is 9.53 Å². The number of halogens is 1. The van der Waals surface area contributed by atoms with Crippen molar-refractivity contribution in [2.45, 2.75) is 19.8 Å². The molecule has 5 heteroatoms. The summed E-state index contributed by atoms with van der Waals surface area (Å²) in [7, 11) is 1.63. The van der Waals surface area contributed by atoms with Gasteiger partial charge in [0, 0.05) is 19.3 Å². The third kappa shape index (κ3) is 3.41. The van der Waals surface area contributed by atoms with E-state index in [0.29, 0.717) is 13.2 Å². The molecule has 0 aromatic heterocycles. The number of hydrogen-bond donors (Lipinski definition) is 1. The maximum atomic E-state index is 13.1. The molecule has 1 N–H and O–H groups in total. The molecule has 0 saturated carbocycles. The molecular weight excluding hydrogens is 271 g/mol. The molecule has 0 unspecified atom stereocenters. The number of rotatable bonds is 5. The van der Waals surface area contributed by atoms with E-state index in [-0.39, 0.29) is 11.7 Å². The van der Waals surface area contributed by atoms with Gasteiger partial charge in [-0.3, -0.25) is 4.79 Å². The van der Waals surface area contributed by atoms with Crippen molar-refractivity contribution in [1.82, 2.24) is 5.32 Å².